The van der Waals surface area contributed by atoms with Gasteiger partial charge in [-0.25, -0.2) is 0 Å². The van der Waals surface area contributed by atoms with E-state index < -0.39 is 0 Å². The van der Waals surface area contributed by atoms with Gasteiger partial charge in [-0.05, 0) is 43.3 Å². The van der Waals surface area contributed by atoms with Crippen molar-refractivity contribution in [2.24, 2.45) is 5.92 Å². The third-order valence-electron chi connectivity index (χ3n) is 3.47. The number of rotatable bonds is 7. The molecule has 0 fully saturated rings. The predicted molar refractivity (Wildman–Crippen MR) is 74.2 cm³/mol. The first-order valence-electron chi connectivity index (χ1n) is 6.45. The monoisotopic (exact) mass is 239 g/mol. The molecule has 2 unspecified atom stereocenters. The second-order valence-corrected chi connectivity index (χ2v) is 5.63. The van der Waals surface area contributed by atoms with Gasteiger partial charge in [-0.15, -0.1) is 11.3 Å². The van der Waals surface area contributed by atoms with E-state index in [0.717, 1.165) is 5.92 Å². The van der Waals surface area contributed by atoms with Crippen molar-refractivity contribution in [3.8, 4) is 0 Å². The largest absolute Gasteiger partial charge is 0.313 e. The average molecular weight is 239 g/mol. The molecule has 0 spiro atoms. The molecule has 0 bridgehead atoms. The van der Waals surface area contributed by atoms with Crippen LogP contribution in [0.25, 0.3) is 0 Å². The summed E-state index contributed by atoms with van der Waals surface area (Å²) >= 11 is 1.86. The topological polar surface area (TPSA) is 12.0 Å². The third kappa shape index (κ3) is 3.33. The molecule has 2 heteroatoms. The highest BCUT2D eigenvalue weighted by Gasteiger charge is 2.21. The summed E-state index contributed by atoms with van der Waals surface area (Å²) in [5.41, 5.74) is 1.51. The second kappa shape index (κ2) is 7.08. The number of hydrogen-bond acceptors (Lipinski definition) is 2. The van der Waals surface area contributed by atoms with E-state index in [4.69, 9.17) is 0 Å². The SMILES string of the molecule is CCCCC(CC)C(NC)c1ccsc1C. The molecule has 0 aliphatic heterocycles. The normalized spacial score (nSPS) is 15.0. The lowest BCUT2D eigenvalue weighted by Crippen LogP contribution is -2.25. The Morgan fingerprint density at radius 1 is 1.38 bits per heavy atom. The molecular formula is C14H25NS. The Morgan fingerprint density at radius 2 is 2.12 bits per heavy atom. The minimum atomic E-state index is 0.544. The Morgan fingerprint density at radius 3 is 2.56 bits per heavy atom. The van der Waals surface area contributed by atoms with E-state index in [0.29, 0.717) is 6.04 Å². The molecule has 92 valence electrons. The number of unbranched alkanes of at least 4 members (excludes halogenated alkanes) is 1. The fourth-order valence-electron chi connectivity index (χ4n) is 2.44. The standard InChI is InChI=1S/C14H25NS/c1-5-7-8-12(6-2)14(15-4)13-9-10-16-11(13)3/h9-10,12,14-15H,5-8H2,1-4H3. The first-order chi connectivity index (χ1) is 7.74. The van der Waals surface area contributed by atoms with Crippen LogP contribution in [0, 0.1) is 12.8 Å². The summed E-state index contributed by atoms with van der Waals surface area (Å²) in [6.07, 6.45) is 5.25. The Kier molecular flexibility index (Phi) is 6.07. The summed E-state index contributed by atoms with van der Waals surface area (Å²) in [6.45, 7) is 6.82. The number of aryl methyl sites for hydroxylation is 1. The van der Waals surface area contributed by atoms with Crippen molar-refractivity contribution in [3.05, 3.63) is 21.9 Å². The predicted octanol–water partition coefficient (Wildman–Crippen LogP) is 4.53. The molecule has 1 N–H and O–H groups in total. The molecule has 0 aliphatic rings. The van der Waals surface area contributed by atoms with E-state index in [-0.39, 0.29) is 0 Å². The zero-order valence-electron chi connectivity index (χ0n) is 11.0. The van der Waals surface area contributed by atoms with Gasteiger partial charge in [-0.3, -0.25) is 0 Å². The van der Waals surface area contributed by atoms with Gasteiger partial charge in [0.25, 0.3) is 0 Å². The maximum Gasteiger partial charge on any atom is 0.0357 e. The minimum Gasteiger partial charge on any atom is -0.313 e. The quantitative estimate of drug-likeness (QED) is 0.737. The highest BCUT2D eigenvalue weighted by atomic mass is 32.1. The van der Waals surface area contributed by atoms with Crippen LogP contribution in [0.1, 0.15) is 56.0 Å². The summed E-state index contributed by atoms with van der Waals surface area (Å²) in [4.78, 5) is 1.47. The molecule has 1 aromatic rings. The molecular weight excluding hydrogens is 214 g/mol. The Bertz CT molecular complexity index is 293. The number of thiophene rings is 1. The number of nitrogens with one attached hydrogen (secondary N) is 1. The van der Waals surface area contributed by atoms with Crippen LogP contribution < -0.4 is 5.32 Å². The summed E-state index contributed by atoms with van der Waals surface area (Å²) in [5.74, 6) is 0.776. The van der Waals surface area contributed by atoms with Crippen molar-refractivity contribution in [1.29, 1.82) is 0 Å². The van der Waals surface area contributed by atoms with Crippen LogP contribution >= 0.6 is 11.3 Å². The van der Waals surface area contributed by atoms with Gasteiger partial charge < -0.3 is 5.32 Å². The van der Waals surface area contributed by atoms with Crippen LogP contribution in [-0.2, 0) is 0 Å². The van der Waals surface area contributed by atoms with Crippen LogP contribution in [0.4, 0.5) is 0 Å². The van der Waals surface area contributed by atoms with Crippen molar-refractivity contribution < 1.29 is 0 Å². The van der Waals surface area contributed by atoms with Crippen molar-refractivity contribution in [2.45, 2.75) is 52.5 Å². The van der Waals surface area contributed by atoms with Crippen LogP contribution in [0.5, 0.6) is 0 Å². The average Bonchev–Trinajstić information content (AvgIpc) is 2.71. The van der Waals surface area contributed by atoms with Crippen LogP contribution in [0.3, 0.4) is 0 Å². The lowest BCUT2D eigenvalue weighted by atomic mass is 9.87. The van der Waals surface area contributed by atoms with Gasteiger partial charge in [0.15, 0.2) is 0 Å². The summed E-state index contributed by atoms with van der Waals surface area (Å²) in [6, 6.07) is 2.83. The van der Waals surface area contributed by atoms with Crippen molar-refractivity contribution in [1.82, 2.24) is 5.32 Å². The van der Waals surface area contributed by atoms with Gasteiger partial charge in [-0.2, -0.15) is 0 Å². The number of hydrogen-bond donors (Lipinski definition) is 1. The smallest absolute Gasteiger partial charge is 0.0357 e. The van der Waals surface area contributed by atoms with Gasteiger partial charge in [0.1, 0.15) is 0 Å². The van der Waals surface area contributed by atoms with Gasteiger partial charge in [0, 0.05) is 10.9 Å². The van der Waals surface area contributed by atoms with E-state index in [2.05, 4.69) is 44.6 Å². The minimum absolute atomic E-state index is 0.544. The fourth-order valence-corrected chi connectivity index (χ4v) is 3.19. The highest BCUT2D eigenvalue weighted by Crippen LogP contribution is 2.32. The van der Waals surface area contributed by atoms with E-state index in [1.807, 2.05) is 11.3 Å². The Hall–Kier alpha value is -0.340. The van der Waals surface area contributed by atoms with Crippen molar-refractivity contribution >= 4 is 11.3 Å². The first kappa shape index (κ1) is 13.7. The van der Waals surface area contributed by atoms with Gasteiger partial charge in [0.05, 0.1) is 0 Å². The summed E-state index contributed by atoms with van der Waals surface area (Å²) < 4.78 is 0. The third-order valence-corrected chi connectivity index (χ3v) is 4.33. The molecule has 1 rings (SSSR count). The second-order valence-electron chi connectivity index (χ2n) is 4.51. The maximum absolute atomic E-state index is 3.51. The van der Waals surface area contributed by atoms with Gasteiger partial charge >= 0.3 is 0 Å². The molecule has 0 saturated heterocycles. The van der Waals surface area contributed by atoms with Crippen molar-refractivity contribution in [3.63, 3.8) is 0 Å². The first-order valence-corrected chi connectivity index (χ1v) is 7.33. The molecule has 2 atom stereocenters. The molecule has 0 aliphatic carbocycles. The van der Waals surface area contributed by atoms with Gasteiger partial charge in [0.2, 0.25) is 0 Å². The maximum atomic E-state index is 3.51. The van der Waals surface area contributed by atoms with E-state index in [1.54, 1.807) is 0 Å². The molecule has 16 heavy (non-hydrogen) atoms. The van der Waals surface area contributed by atoms with Crippen LogP contribution in [-0.4, -0.2) is 7.05 Å². The zero-order valence-corrected chi connectivity index (χ0v) is 11.9. The Labute approximate surface area is 104 Å². The van der Waals surface area contributed by atoms with Crippen LogP contribution in [0.2, 0.25) is 0 Å². The summed E-state index contributed by atoms with van der Waals surface area (Å²) in [5, 5.41) is 5.72. The Balaban J connectivity index is 2.75. The lowest BCUT2D eigenvalue weighted by molar-refractivity contribution is 0.339. The van der Waals surface area contributed by atoms with Crippen LogP contribution in [0.15, 0.2) is 11.4 Å². The molecule has 1 aromatic heterocycles. The van der Waals surface area contributed by atoms with Gasteiger partial charge in [-0.1, -0.05) is 33.1 Å². The van der Waals surface area contributed by atoms with E-state index in [9.17, 15) is 0 Å². The zero-order chi connectivity index (χ0) is 12.0. The van der Waals surface area contributed by atoms with E-state index in [1.165, 1.54) is 36.1 Å². The van der Waals surface area contributed by atoms with E-state index >= 15 is 0 Å². The molecule has 1 heterocycles. The van der Waals surface area contributed by atoms with Crippen molar-refractivity contribution in [2.75, 3.05) is 7.05 Å². The molecule has 0 aromatic carbocycles. The fraction of sp³-hybridized carbons (Fsp3) is 0.714. The lowest BCUT2D eigenvalue weighted by Gasteiger charge is -2.26. The summed E-state index contributed by atoms with van der Waals surface area (Å²) in [7, 11) is 2.09. The molecule has 0 amide bonds. The highest BCUT2D eigenvalue weighted by molar-refractivity contribution is 7.10. The molecule has 1 nitrogen and oxygen atoms in total. The molecule has 0 saturated carbocycles. The molecule has 0 radical (unpaired) electrons.